The van der Waals surface area contributed by atoms with Crippen molar-refractivity contribution in [1.82, 2.24) is 0 Å². The molecule has 0 saturated heterocycles. The van der Waals surface area contributed by atoms with Crippen LogP contribution >= 0.6 is 0 Å². The van der Waals surface area contributed by atoms with E-state index in [-0.39, 0.29) is 0 Å². The highest BCUT2D eigenvalue weighted by molar-refractivity contribution is 4.78. The van der Waals surface area contributed by atoms with Gasteiger partial charge in [0.1, 0.15) is 0 Å². The van der Waals surface area contributed by atoms with Crippen LogP contribution in [-0.4, -0.2) is 0 Å². The molecule has 100 valence electrons. The second kappa shape index (κ2) is 6.25. The summed E-state index contributed by atoms with van der Waals surface area (Å²) in [7, 11) is 0. The molecule has 0 aliphatic heterocycles. The SMILES string of the molecule is CC1CCC(C[C@@H](C)C2CCC(C)CC2)CC1. The summed E-state index contributed by atoms with van der Waals surface area (Å²) in [5.74, 6) is 5.15. The van der Waals surface area contributed by atoms with Crippen molar-refractivity contribution in [3.63, 3.8) is 0 Å². The fourth-order valence-electron chi connectivity index (χ4n) is 4.14. The van der Waals surface area contributed by atoms with Crippen molar-refractivity contribution in [2.45, 2.75) is 78.6 Å². The van der Waals surface area contributed by atoms with Crippen molar-refractivity contribution in [2.75, 3.05) is 0 Å². The maximum atomic E-state index is 2.54. The zero-order valence-corrected chi connectivity index (χ0v) is 12.3. The van der Waals surface area contributed by atoms with Gasteiger partial charge in [-0.25, -0.2) is 0 Å². The lowest BCUT2D eigenvalue weighted by atomic mass is 9.71. The molecule has 0 bridgehead atoms. The zero-order valence-electron chi connectivity index (χ0n) is 12.3. The molecule has 0 unspecified atom stereocenters. The Labute approximate surface area is 109 Å². The summed E-state index contributed by atoms with van der Waals surface area (Å²) in [6.07, 6.45) is 13.6. The highest BCUT2D eigenvalue weighted by atomic mass is 14.3. The molecular weight excluding hydrogens is 204 g/mol. The summed E-state index contributed by atoms with van der Waals surface area (Å²) in [6.45, 7) is 7.41. The maximum Gasteiger partial charge on any atom is -0.0388 e. The van der Waals surface area contributed by atoms with Crippen LogP contribution in [0.4, 0.5) is 0 Å². The Bertz CT molecular complexity index is 204. The van der Waals surface area contributed by atoms with E-state index in [0.717, 1.165) is 29.6 Å². The van der Waals surface area contributed by atoms with Crippen LogP contribution in [0.3, 0.4) is 0 Å². The molecule has 0 N–H and O–H groups in total. The van der Waals surface area contributed by atoms with Crippen LogP contribution in [0.2, 0.25) is 0 Å². The summed E-state index contributed by atoms with van der Waals surface area (Å²) in [5.41, 5.74) is 0. The monoisotopic (exact) mass is 236 g/mol. The smallest absolute Gasteiger partial charge is 0.0388 e. The van der Waals surface area contributed by atoms with Crippen LogP contribution in [0, 0.1) is 29.6 Å². The molecule has 0 heterocycles. The van der Waals surface area contributed by atoms with Gasteiger partial charge >= 0.3 is 0 Å². The summed E-state index contributed by atoms with van der Waals surface area (Å²) in [5, 5.41) is 0. The van der Waals surface area contributed by atoms with Gasteiger partial charge in [-0.05, 0) is 48.9 Å². The zero-order chi connectivity index (χ0) is 12.3. The lowest BCUT2D eigenvalue weighted by molar-refractivity contribution is 0.173. The van der Waals surface area contributed by atoms with Gasteiger partial charge in [0.05, 0.1) is 0 Å². The van der Waals surface area contributed by atoms with Gasteiger partial charge in [0, 0.05) is 0 Å². The molecule has 2 aliphatic carbocycles. The highest BCUT2D eigenvalue weighted by Gasteiger charge is 2.26. The minimum atomic E-state index is 1.00. The van der Waals surface area contributed by atoms with E-state index in [2.05, 4.69) is 20.8 Å². The van der Waals surface area contributed by atoms with E-state index >= 15 is 0 Å². The molecule has 0 radical (unpaired) electrons. The average Bonchev–Trinajstić information content (AvgIpc) is 2.33. The first kappa shape index (κ1) is 13.4. The van der Waals surface area contributed by atoms with Crippen molar-refractivity contribution >= 4 is 0 Å². The van der Waals surface area contributed by atoms with E-state index in [1.807, 2.05) is 0 Å². The molecule has 0 aromatic rings. The second-order valence-corrected chi connectivity index (χ2v) is 7.36. The fraction of sp³-hybridized carbons (Fsp3) is 1.00. The van der Waals surface area contributed by atoms with Gasteiger partial charge in [-0.2, -0.15) is 0 Å². The molecule has 0 spiro atoms. The van der Waals surface area contributed by atoms with Gasteiger partial charge in [0.15, 0.2) is 0 Å². The van der Waals surface area contributed by atoms with Crippen molar-refractivity contribution in [3.8, 4) is 0 Å². The first-order valence-electron chi connectivity index (χ1n) is 8.15. The summed E-state index contributed by atoms with van der Waals surface area (Å²) in [4.78, 5) is 0. The molecular formula is C17H32. The van der Waals surface area contributed by atoms with Crippen LogP contribution in [0.25, 0.3) is 0 Å². The van der Waals surface area contributed by atoms with Gasteiger partial charge < -0.3 is 0 Å². The highest BCUT2D eigenvalue weighted by Crippen LogP contribution is 2.39. The van der Waals surface area contributed by atoms with Crippen LogP contribution in [-0.2, 0) is 0 Å². The number of hydrogen-bond acceptors (Lipinski definition) is 0. The van der Waals surface area contributed by atoms with Gasteiger partial charge in [0.25, 0.3) is 0 Å². The second-order valence-electron chi connectivity index (χ2n) is 7.36. The number of hydrogen-bond donors (Lipinski definition) is 0. The van der Waals surface area contributed by atoms with Crippen molar-refractivity contribution in [1.29, 1.82) is 0 Å². The Morgan fingerprint density at radius 1 is 0.765 bits per heavy atom. The molecule has 2 saturated carbocycles. The third-order valence-corrected chi connectivity index (χ3v) is 5.71. The van der Waals surface area contributed by atoms with Crippen molar-refractivity contribution < 1.29 is 0 Å². The van der Waals surface area contributed by atoms with E-state index < -0.39 is 0 Å². The average molecular weight is 236 g/mol. The van der Waals surface area contributed by atoms with Gasteiger partial charge in [-0.1, -0.05) is 59.3 Å². The van der Waals surface area contributed by atoms with E-state index in [0.29, 0.717) is 0 Å². The molecule has 0 amide bonds. The Kier molecular flexibility index (Phi) is 4.94. The van der Waals surface area contributed by atoms with E-state index in [1.54, 1.807) is 0 Å². The molecule has 2 aliphatic rings. The first-order valence-corrected chi connectivity index (χ1v) is 8.15. The Balaban J connectivity index is 1.71. The minimum Gasteiger partial charge on any atom is -0.0625 e. The summed E-state index contributed by atoms with van der Waals surface area (Å²) in [6, 6.07) is 0. The minimum absolute atomic E-state index is 1.00. The molecule has 2 fully saturated rings. The number of rotatable bonds is 3. The molecule has 17 heavy (non-hydrogen) atoms. The Hall–Kier alpha value is 0. The lowest BCUT2D eigenvalue weighted by Crippen LogP contribution is -2.22. The molecule has 1 atom stereocenters. The summed E-state index contributed by atoms with van der Waals surface area (Å²) >= 11 is 0. The van der Waals surface area contributed by atoms with Gasteiger partial charge in [-0.3, -0.25) is 0 Å². The Morgan fingerprint density at radius 3 is 1.76 bits per heavy atom. The molecule has 0 nitrogen and oxygen atoms in total. The normalized spacial score (nSPS) is 41.1. The largest absolute Gasteiger partial charge is 0.0625 e. The quantitative estimate of drug-likeness (QED) is 0.592. The molecule has 0 heteroatoms. The predicted octanol–water partition coefficient (Wildman–Crippen LogP) is 5.67. The molecule has 0 aromatic heterocycles. The third kappa shape index (κ3) is 4.00. The van der Waals surface area contributed by atoms with Crippen LogP contribution < -0.4 is 0 Å². The van der Waals surface area contributed by atoms with Crippen molar-refractivity contribution in [2.24, 2.45) is 29.6 Å². The van der Waals surface area contributed by atoms with Crippen molar-refractivity contribution in [3.05, 3.63) is 0 Å². The van der Waals surface area contributed by atoms with E-state index in [9.17, 15) is 0 Å². The van der Waals surface area contributed by atoms with Gasteiger partial charge in [-0.15, -0.1) is 0 Å². The predicted molar refractivity (Wildman–Crippen MR) is 76.0 cm³/mol. The van der Waals surface area contributed by atoms with Crippen LogP contribution in [0.1, 0.15) is 78.6 Å². The Morgan fingerprint density at radius 2 is 1.24 bits per heavy atom. The van der Waals surface area contributed by atoms with Crippen LogP contribution in [0.5, 0.6) is 0 Å². The fourth-order valence-corrected chi connectivity index (χ4v) is 4.14. The third-order valence-electron chi connectivity index (χ3n) is 5.71. The van der Waals surface area contributed by atoms with E-state index in [1.165, 1.54) is 57.8 Å². The standard InChI is InChI=1S/C17H32/c1-13-4-8-16(9-5-13)12-15(3)17-10-6-14(2)7-11-17/h13-17H,4-12H2,1-3H3/t13?,14?,15-,16?,17?/m1/s1. The van der Waals surface area contributed by atoms with Gasteiger partial charge in [0.2, 0.25) is 0 Å². The first-order chi connectivity index (χ1) is 8.15. The molecule has 0 aromatic carbocycles. The maximum absolute atomic E-state index is 2.54. The summed E-state index contributed by atoms with van der Waals surface area (Å²) < 4.78 is 0. The topological polar surface area (TPSA) is 0 Å². The van der Waals surface area contributed by atoms with Crippen LogP contribution in [0.15, 0.2) is 0 Å². The molecule has 2 rings (SSSR count). The van der Waals surface area contributed by atoms with E-state index in [4.69, 9.17) is 0 Å². The lowest BCUT2D eigenvalue weighted by Gasteiger charge is -2.34.